The number of hydrogen-bond acceptors (Lipinski definition) is 3. The molecule has 0 spiro atoms. The van der Waals surface area contributed by atoms with Crippen molar-refractivity contribution in [2.24, 2.45) is 11.8 Å². The largest absolute Gasteiger partial charge is 0.381 e. The highest BCUT2D eigenvalue weighted by atomic mass is 16.5. The van der Waals surface area contributed by atoms with Crippen LogP contribution in [0.25, 0.3) is 0 Å². The SMILES string of the molecule is C=CC(CCOCCC(C=C)C(CC)c1cnc[nH]1)C(CC)c1cnc[nH]1. The number of rotatable bonds is 14. The van der Waals surface area contributed by atoms with Crippen LogP contribution >= 0.6 is 0 Å². The molecular weight excluding hydrogens is 336 g/mol. The minimum absolute atomic E-state index is 0.388. The predicted octanol–water partition coefficient (Wildman–Crippen LogP) is 5.22. The fourth-order valence-electron chi connectivity index (χ4n) is 3.95. The van der Waals surface area contributed by atoms with Crippen LogP contribution in [0.5, 0.6) is 0 Å². The van der Waals surface area contributed by atoms with Crippen molar-refractivity contribution in [1.82, 2.24) is 19.9 Å². The number of nitrogens with zero attached hydrogens (tertiary/aromatic N) is 2. The molecule has 0 aliphatic rings. The number of allylic oxidation sites excluding steroid dienone is 2. The molecule has 27 heavy (non-hydrogen) atoms. The molecule has 2 aromatic rings. The van der Waals surface area contributed by atoms with E-state index >= 15 is 0 Å². The van der Waals surface area contributed by atoms with E-state index in [1.54, 1.807) is 12.7 Å². The molecule has 0 fully saturated rings. The summed E-state index contributed by atoms with van der Waals surface area (Å²) in [5, 5.41) is 0. The Kier molecular flexibility index (Phi) is 9.05. The second-order valence-corrected chi connectivity index (χ2v) is 7.03. The van der Waals surface area contributed by atoms with Gasteiger partial charge in [0, 0.05) is 48.8 Å². The van der Waals surface area contributed by atoms with Gasteiger partial charge in [0.1, 0.15) is 0 Å². The van der Waals surface area contributed by atoms with Crippen LogP contribution < -0.4 is 0 Å². The topological polar surface area (TPSA) is 66.6 Å². The van der Waals surface area contributed by atoms with Gasteiger partial charge in [0.2, 0.25) is 0 Å². The van der Waals surface area contributed by atoms with Gasteiger partial charge >= 0.3 is 0 Å². The van der Waals surface area contributed by atoms with E-state index in [4.69, 9.17) is 4.74 Å². The minimum atomic E-state index is 0.388. The Morgan fingerprint density at radius 1 is 0.889 bits per heavy atom. The molecule has 0 saturated carbocycles. The van der Waals surface area contributed by atoms with Crippen LogP contribution in [-0.4, -0.2) is 33.1 Å². The highest BCUT2D eigenvalue weighted by Crippen LogP contribution is 2.31. The van der Waals surface area contributed by atoms with E-state index in [0.29, 0.717) is 23.7 Å². The molecule has 0 saturated heterocycles. The first-order valence-corrected chi connectivity index (χ1v) is 10.0. The summed E-state index contributed by atoms with van der Waals surface area (Å²) in [4.78, 5) is 14.8. The zero-order chi connectivity index (χ0) is 19.5. The smallest absolute Gasteiger partial charge is 0.0921 e. The number of ether oxygens (including phenoxy) is 1. The summed E-state index contributed by atoms with van der Waals surface area (Å²) in [5.74, 6) is 1.61. The quantitative estimate of drug-likeness (QED) is 0.354. The molecule has 0 radical (unpaired) electrons. The highest BCUT2D eigenvalue weighted by molar-refractivity contribution is 5.09. The Morgan fingerprint density at radius 3 is 1.63 bits per heavy atom. The van der Waals surface area contributed by atoms with Crippen molar-refractivity contribution >= 4 is 0 Å². The number of aromatic nitrogens is 4. The van der Waals surface area contributed by atoms with Gasteiger partial charge in [-0.15, -0.1) is 13.2 Å². The van der Waals surface area contributed by atoms with Crippen molar-refractivity contribution in [2.45, 2.75) is 51.4 Å². The monoisotopic (exact) mass is 370 g/mol. The first-order valence-electron chi connectivity index (χ1n) is 10.0. The number of imidazole rings is 2. The van der Waals surface area contributed by atoms with Gasteiger partial charge in [0.05, 0.1) is 12.7 Å². The molecular formula is C22H34N4O. The Bertz CT molecular complexity index is 579. The fourth-order valence-corrected chi connectivity index (χ4v) is 3.95. The van der Waals surface area contributed by atoms with E-state index in [2.05, 4.69) is 59.1 Å². The molecule has 2 N–H and O–H groups in total. The maximum Gasteiger partial charge on any atom is 0.0921 e. The third kappa shape index (κ3) is 5.93. The molecule has 2 rings (SSSR count). The summed E-state index contributed by atoms with van der Waals surface area (Å²) in [7, 11) is 0. The zero-order valence-electron chi connectivity index (χ0n) is 16.7. The van der Waals surface area contributed by atoms with Gasteiger partial charge in [-0.2, -0.15) is 0 Å². The van der Waals surface area contributed by atoms with E-state index in [0.717, 1.165) is 38.9 Å². The minimum Gasteiger partial charge on any atom is -0.381 e. The maximum atomic E-state index is 5.98. The molecule has 0 aliphatic carbocycles. The van der Waals surface area contributed by atoms with Crippen molar-refractivity contribution in [3.8, 4) is 0 Å². The first kappa shape index (κ1) is 21.2. The van der Waals surface area contributed by atoms with E-state index in [1.807, 2.05) is 12.4 Å². The second kappa shape index (κ2) is 11.5. The van der Waals surface area contributed by atoms with Crippen LogP contribution in [0.1, 0.15) is 62.8 Å². The third-order valence-corrected chi connectivity index (χ3v) is 5.55. The van der Waals surface area contributed by atoms with E-state index in [-0.39, 0.29) is 0 Å². The fraction of sp³-hybridized carbons (Fsp3) is 0.545. The first-order chi connectivity index (χ1) is 13.2. The molecule has 4 unspecified atom stereocenters. The summed E-state index contributed by atoms with van der Waals surface area (Å²) >= 11 is 0. The van der Waals surface area contributed by atoms with Gasteiger partial charge in [-0.1, -0.05) is 26.0 Å². The molecule has 5 heteroatoms. The van der Waals surface area contributed by atoms with Crippen LogP contribution in [-0.2, 0) is 4.74 Å². The number of aromatic amines is 2. The normalized spacial score (nSPS) is 15.8. The van der Waals surface area contributed by atoms with Gasteiger partial charge in [-0.25, -0.2) is 9.97 Å². The van der Waals surface area contributed by atoms with Crippen LogP contribution in [0.2, 0.25) is 0 Å². The maximum absolute atomic E-state index is 5.98. The summed E-state index contributed by atoms with van der Waals surface area (Å²) in [6.45, 7) is 14.0. The number of H-pyrrole nitrogens is 2. The van der Waals surface area contributed by atoms with Gasteiger partial charge in [0.25, 0.3) is 0 Å². The Labute approximate surface area is 163 Å². The van der Waals surface area contributed by atoms with Gasteiger partial charge < -0.3 is 14.7 Å². The molecule has 4 atom stereocenters. The van der Waals surface area contributed by atoms with Gasteiger partial charge in [-0.05, 0) is 37.5 Å². The van der Waals surface area contributed by atoms with Gasteiger partial charge in [0.15, 0.2) is 0 Å². The molecule has 2 heterocycles. The van der Waals surface area contributed by atoms with E-state index < -0.39 is 0 Å². The lowest BCUT2D eigenvalue weighted by atomic mass is 9.85. The van der Waals surface area contributed by atoms with Gasteiger partial charge in [-0.3, -0.25) is 0 Å². The zero-order valence-corrected chi connectivity index (χ0v) is 16.7. The summed E-state index contributed by atoms with van der Waals surface area (Å²) in [6, 6.07) is 0. The highest BCUT2D eigenvalue weighted by Gasteiger charge is 2.21. The number of nitrogens with one attached hydrogen (secondary N) is 2. The van der Waals surface area contributed by atoms with E-state index in [1.165, 1.54) is 11.4 Å². The Hall–Kier alpha value is -2.14. The van der Waals surface area contributed by atoms with Crippen molar-refractivity contribution in [2.75, 3.05) is 13.2 Å². The Balaban J connectivity index is 1.77. The molecule has 0 bridgehead atoms. The van der Waals surface area contributed by atoms with Crippen LogP contribution in [0.15, 0.2) is 50.4 Å². The lowest BCUT2D eigenvalue weighted by Crippen LogP contribution is -2.16. The average molecular weight is 371 g/mol. The van der Waals surface area contributed by atoms with E-state index in [9.17, 15) is 0 Å². The molecule has 0 amide bonds. The third-order valence-electron chi connectivity index (χ3n) is 5.55. The van der Waals surface area contributed by atoms with Crippen LogP contribution in [0.3, 0.4) is 0 Å². The Morgan fingerprint density at radius 2 is 1.33 bits per heavy atom. The molecule has 0 aromatic carbocycles. The molecule has 148 valence electrons. The lowest BCUT2D eigenvalue weighted by Gasteiger charge is -2.24. The summed E-state index contributed by atoms with van der Waals surface area (Å²) in [5.41, 5.74) is 2.36. The van der Waals surface area contributed by atoms with Crippen molar-refractivity contribution in [1.29, 1.82) is 0 Å². The summed E-state index contributed by atoms with van der Waals surface area (Å²) in [6.07, 6.45) is 15.5. The average Bonchev–Trinajstić information content (AvgIpc) is 3.40. The standard InChI is InChI=1S/C22H34N4O/c1-5-17(19(7-3)21-13-23-15-25-21)9-11-27-12-10-18(6-2)20(8-4)22-14-24-16-26-22/h5-6,13-20H,1-2,7-12H2,3-4H3,(H,23,25)(H,24,26). The second-order valence-electron chi connectivity index (χ2n) is 7.03. The lowest BCUT2D eigenvalue weighted by molar-refractivity contribution is 0.110. The number of hydrogen-bond donors (Lipinski definition) is 2. The predicted molar refractivity (Wildman–Crippen MR) is 111 cm³/mol. The molecule has 0 aliphatic heterocycles. The molecule has 5 nitrogen and oxygen atoms in total. The molecule has 2 aromatic heterocycles. The van der Waals surface area contributed by atoms with Crippen molar-refractivity contribution in [3.63, 3.8) is 0 Å². The van der Waals surface area contributed by atoms with Crippen molar-refractivity contribution in [3.05, 3.63) is 61.7 Å². The summed E-state index contributed by atoms with van der Waals surface area (Å²) < 4.78 is 5.98. The van der Waals surface area contributed by atoms with Crippen LogP contribution in [0, 0.1) is 11.8 Å². The van der Waals surface area contributed by atoms with Crippen LogP contribution in [0.4, 0.5) is 0 Å². The van der Waals surface area contributed by atoms with Crippen molar-refractivity contribution < 1.29 is 4.74 Å².